The fraction of sp³-hybridized carbons (Fsp3) is 0.895. The van der Waals surface area contributed by atoms with Gasteiger partial charge >= 0.3 is 47.6 Å². The molecule has 0 atom stereocenters. The van der Waals surface area contributed by atoms with E-state index in [-0.39, 0.29) is 6.42 Å². The first-order chi connectivity index (χ1) is 16.3. The van der Waals surface area contributed by atoms with E-state index in [9.17, 15) is 74.6 Å². The predicted molar refractivity (Wildman–Crippen MR) is 94.0 cm³/mol. The van der Waals surface area contributed by atoms with Gasteiger partial charge in [0.1, 0.15) is 0 Å². The van der Waals surface area contributed by atoms with Crippen LogP contribution in [-0.4, -0.2) is 52.7 Å². The molecule has 18 heteroatoms. The van der Waals surface area contributed by atoms with E-state index >= 15 is 0 Å². The number of alkyl halides is 17. The molecule has 0 aliphatic rings. The molecule has 0 bridgehead atoms. The lowest BCUT2D eigenvalue weighted by molar-refractivity contribution is -0.461. The Morgan fingerprint density at radius 3 is 1.11 bits per heavy atom. The van der Waals surface area contributed by atoms with Crippen molar-refractivity contribution in [2.75, 3.05) is 0 Å². The maximum absolute atomic E-state index is 13.7. The van der Waals surface area contributed by atoms with Crippen LogP contribution in [0.3, 0.4) is 0 Å². The Labute approximate surface area is 198 Å². The Balaban J connectivity index is 5.61. The van der Waals surface area contributed by atoms with E-state index in [1.54, 1.807) is 0 Å². The van der Waals surface area contributed by atoms with Crippen LogP contribution in [0.2, 0.25) is 0 Å². The summed E-state index contributed by atoms with van der Waals surface area (Å²) in [6.45, 7) is 0. The topological polar surface area (TPSA) is 20.2 Å². The summed E-state index contributed by atoms with van der Waals surface area (Å²) in [7, 11) is 0. The van der Waals surface area contributed by atoms with Crippen molar-refractivity contribution in [2.24, 2.45) is 0 Å². The summed E-state index contributed by atoms with van der Waals surface area (Å²) in [6.07, 6.45) is -6.92. The van der Waals surface area contributed by atoms with Crippen molar-refractivity contribution in [3.63, 3.8) is 0 Å². The van der Waals surface area contributed by atoms with E-state index in [2.05, 4.69) is 0 Å². The summed E-state index contributed by atoms with van der Waals surface area (Å²) < 4.78 is 224. The van der Waals surface area contributed by atoms with Gasteiger partial charge in [0, 0.05) is 6.42 Å². The van der Waals surface area contributed by atoms with Gasteiger partial charge < -0.3 is 5.11 Å². The summed E-state index contributed by atoms with van der Waals surface area (Å²) in [5, 5.41) is 8.40. The minimum absolute atomic E-state index is 0.0286. The molecule has 0 fully saturated rings. The lowest BCUT2D eigenvalue weighted by Gasteiger charge is -2.42. The lowest BCUT2D eigenvalue weighted by atomic mass is 9.87. The normalized spacial score (nSPS) is 15.6. The molecular weight excluding hydrogens is 567 g/mol. The molecule has 1 N–H and O–H groups in total. The third-order valence-corrected chi connectivity index (χ3v) is 5.25. The Bertz CT molecular complexity index is 739. The Kier molecular flexibility index (Phi) is 11.1. The minimum atomic E-state index is -8.59. The van der Waals surface area contributed by atoms with Crippen molar-refractivity contribution in [1.29, 1.82) is 0 Å². The van der Waals surface area contributed by atoms with Crippen LogP contribution in [0.1, 0.15) is 57.8 Å². The zero-order chi connectivity index (χ0) is 29.8. The van der Waals surface area contributed by atoms with E-state index < -0.39 is 66.9 Å². The van der Waals surface area contributed by atoms with Crippen molar-refractivity contribution >= 4 is 0 Å². The zero-order valence-corrected chi connectivity index (χ0v) is 18.4. The Morgan fingerprint density at radius 1 is 0.405 bits per heavy atom. The van der Waals surface area contributed by atoms with Crippen LogP contribution in [0.4, 0.5) is 74.6 Å². The van der Waals surface area contributed by atoms with Crippen LogP contribution in [0.5, 0.6) is 0 Å². The fourth-order valence-corrected chi connectivity index (χ4v) is 2.92. The molecule has 0 heterocycles. The smallest absolute Gasteiger partial charge is 0.460 e. The number of aliphatic hydroxyl groups excluding tert-OH is 1. The number of hydrogen-bond acceptors (Lipinski definition) is 1. The second-order valence-corrected chi connectivity index (χ2v) is 8.05. The molecule has 222 valence electrons. The molecule has 0 amide bonds. The molecule has 0 spiro atoms. The molecule has 0 radical (unpaired) electrons. The van der Waals surface area contributed by atoms with Gasteiger partial charge in [-0.1, -0.05) is 38.2 Å². The molecule has 1 nitrogen and oxygen atoms in total. The number of hydrogen-bond donors (Lipinski definition) is 1. The summed E-state index contributed by atoms with van der Waals surface area (Å²) >= 11 is 0. The second kappa shape index (κ2) is 11.6. The van der Waals surface area contributed by atoms with Crippen LogP contribution < -0.4 is 0 Å². The van der Waals surface area contributed by atoms with E-state index in [4.69, 9.17) is 5.11 Å². The van der Waals surface area contributed by atoms with Gasteiger partial charge in [-0.2, -0.15) is 74.6 Å². The largest absolute Gasteiger partial charge is 0.516 e. The highest BCUT2D eigenvalue weighted by molar-refractivity contribution is 5.15. The van der Waals surface area contributed by atoms with Gasteiger partial charge in [-0.25, -0.2) is 0 Å². The maximum atomic E-state index is 13.7. The second-order valence-electron chi connectivity index (χ2n) is 8.05. The quantitative estimate of drug-likeness (QED) is 0.108. The van der Waals surface area contributed by atoms with Crippen molar-refractivity contribution in [2.45, 2.75) is 105 Å². The highest BCUT2D eigenvalue weighted by atomic mass is 19.4. The molecule has 0 aromatic carbocycles. The van der Waals surface area contributed by atoms with Gasteiger partial charge in [0.15, 0.2) is 0 Å². The molecule has 37 heavy (non-hydrogen) atoms. The number of allylic oxidation sites excluding steroid dienone is 1. The van der Waals surface area contributed by atoms with Gasteiger partial charge in [-0.15, -0.1) is 0 Å². The number of halogens is 17. The van der Waals surface area contributed by atoms with Crippen LogP contribution in [0.15, 0.2) is 12.3 Å². The number of aliphatic hydroxyl groups is 1. The predicted octanol–water partition coefficient (Wildman–Crippen LogP) is 9.58. The number of unbranched alkanes of at least 4 members (excludes halogenated alkanes) is 7. The lowest BCUT2D eigenvalue weighted by Crippen LogP contribution is -2.74. The molecule has 0 aromatic heterocycles. The first-order valence-corrected chi connectivity index (χ1v) is 10.3. The van der Waals surface area contributed by atoms with Crippen molar-refractivity contribution in [3.8, 4) is 0 Å². The molecular formula is C19H21F17O. The van der Waals surface area contributed by atoms with E-state index in [0.717, 1.165) is 6.26 Å². The van der Waals surface area contributed by atoms with Crippen LogP contribution in [0.25, 0.3) is 0 Å². The molecule has 0 aliphatic carbocycles. The van der Waals surface area contributed by atoms with Crippen LogP contribution in [-0.2, 0) is 0 Å². The van der Waals surface area contributed by atoms with Gasteiger partial charge in [-0.3, -0.25) is 0 Å². The highest BCUT2D eigenvalue weighted by Gasteiger charge is 2.95. The Hall–Kier alpha value is -1.65. The third kappa shape index (κ3) is 6.50. The van der Waals surface area contributed by atoms with Crippen LogP contribution in [0, 0.1) is 0 Å². The third-order valence-electron chi connectivity index (χ3n) is 5.25. The monoisotopic (exact) mass is 588 g/mol. The van der Waals surface area contributed by atoms with Gasteiger partial charge in [0.2, 0.25) is 0 Å². The molecule has 0 aliphatic heterocycles. The van der Waals surface area contributed by atoms with Crippen molar-refractivity contribution in [3.05, 3.63) is 12.3 Å². The average molecular weight is 588 g/mol. The standard InChI is InChI=1S/C19H21F17O/c20-12(21,10-8-6-4-2-1-3-5-7-9-11-37)13(22,23)14(24,25)15(26,27)16(28,29)17(30,31)18(32,33)19(34,35)36/h9,11,37H,1-8,10H2. The molecule has 0 saturated carbocycles. The SMILES string of the molecule is OC=CCCCCCCCCCC(F)(F)C(F)(F)C(F)(F)C(F)(F)C(F)(F)C(F)(F)C(F)(F)C(F)(F)F. The summed E-state index contributed by atoms with van der Waals surface area (Å²) in [6, 6.07) is 0. The summed E-state index contributed by atoms with van der Waals surface area (Å²) in [5.74, 6) is -55.8. The van der Waals surface area contributed by atoms with Crippen LogP contribution >= 0.6 is 0 Å². The van der Waals surface area contributed by atoms with Crippen molar-refractivity contribution in [1.82, 2.24) is 0 Å². The first-order valence-electron chi connectivity index (χ1n) is 10.3. The fourth-order valence-electron chi connectivity index (χ4n) is 2.92. The number of rotatable bonds is 16. The first kappa shape index (κ1) is 35.4. The molecule has 0 aromatic rings. The zero-order valence-electron chi connectivity index (χ0n) is 18.4. The van der Waals surface area contributed by atoms with Crippen molar-refractivity contribution < 1.29 is 79.7 Å². The van der Waals surface area contributed by atoms with Gasteiger partial charge in [0.25, 0.3) is 0 Å². The average Bonchev–Trinajstić information content (AvgIpc) is 2.73. The maximum Gasteiger partial charge on any atom is 0.460 e. The molecule has 0 rings (SSSR count). The Morgan fingerprint density at radius 2 is 0.730 bits per heavy atom. The van der Waals surface area contributed by atoms with E-state index in [0.29, 0.717) is 32.1 Å². The van der Waals surface area contributed by atoms with E-state index in [1.165, 1.54) is 6.08 Å². The minimum Gasteiger partial charge on any atom is -0.516 e. The molecule has 0 unspecified atom stereocenters. The summed E-state index contributed by atoms with van der Waals surface area (Å²) in [5.41, 5.74) is 0. The van der Waals surface area contributed by atoms with E-state index in [1.807, 2.05) is 0 Å². The van der Waals surface area contributed by atoms with Gasteiger partial charge in [0.05, 0.1) is 6.26 Å². The van der Waals surface area contributed by atoms with Gasteiger partial charge in [-0.05, 0) is 19.3 Å². The summed E-state index contributed by atoms with van der Waals surface area (Å²) in [4.78, 5) is 0. The molecule has 0 saturated heterocycles. The highest BCUT2D eigenvalue weighted by Crippen LogP contribution is 2.64.